The third-order valence-electron chi connectivity index (χ3n) is 5.00. The molecule has 0 bridgehead atoms. The van der Waals surface area contributed by atoms with Gasteiger partial charge in [-0.25, -0.2) is 14.4 Å². The van der Waals surface area contributed by atoms with Crippen LogP contribution in [0, 0.1) is 5.82 Å². The zero-order valence-electron chi connectivity index (χ0n) is 14.6. The first kappa shape index (κ1) is 16.2. The molecule has 1 saturated heterocycles. The first-order valence-corrected chi connectivity index (χ1v) is 8.97. The van der Waals surface area contributed by atoms with E-state index in [4.69, 9.17) is 4.74 Å². The van der Waals surface area contributed by atoms with Gasteiger partial charge in [0.25, 0.3) is 0 Å². The van der Waals surface area contributed by atoms with Gasteiger partial charge < -0.3 is 15.4 Å². The largest absolute Gasteiger partial charge is 0.376 e. The highest BCUT2D eigenvalue weighted by molar-refractivity contribution is 5.57. The first-order valence-electron chi connectivity index (χ1n) is 8.97. The molecule has 2 aromatic heterocycles. The summed E-state index contributed by atoms with van der Waals surface area (Å²) in [6, 6.07) is 10.3. The van der Waals surface area contributed by atoms with Gasteiger partial charge in [-0.15, -0.1) is 0 Å². The number of nitrogens with zero attached hydrogens (tertiary/aromatic N) is 3. The molecule has 0 unspecified atom stereocenters. The van der Waals surface area contributed by atoms with Crippen molar-refractivity contribution in [3.05, 3.63) is 59.8 Å². The summed E-state index contributed by atoms with van der Waals surface area (Å²) in [6.45, 7) is 0.991. The highest BCUT2D eigenvalue weighted by atomic mass is 19.1. The molecule has 1 aliphatic heterocycles. The van der Waals surface area contributed by atoms with Crippen LogP contribution in [0.25, 0.3) is 0 Å². The second-order valence-corrected chi connectivity index (χ2v) is 7.10. The van der Waals surface area contributed by atoms with Gasteiger partial charge in [0.2, 0.25) is 0 Å². The summed E-state index contributed by atoms with van der Waals surface area (Å²) in [5, 5.41) is 14.0. The predicted octanol–water partition coefficient (Wildman–Crippen LogP) is 3.30. The van der Waals surface area contributed by atoms with Crippen molar-refractivity contribution in [2.24, 2.45) is 0 Å². The summed E-state index contributed by atoms with van der Waals surface area (Å²) in [4.78, 5) is 8.58. The second kappa shape index (κ2) is 6.31. The lowest BCUT2D eigenvalue weighted by atomic mass is 9.88. The number of nitrogens with one attached hydrogen (secondary N) is 3. The molecule has 0 atom stereocenters. The fraction of sp³-hybridized carbons (Fsp3) is 0.316. The average Bonchev–Trinajstić information content (AvgIpc) is 3.39. The number of aromatic amines is 1. The van der Waals surface area contributed by atoms with Crippen molar-refractivity contribution in [2.45, 2.75) is 24.3 Å². The van der Waals surface area contributed by atoms with E-state index in [1.165, 1.54) is 31.3 Å². The maximum atomic E-state index is 13.3. The number of halogens is 1. The molecule has 1 aliphatic carbocycles. The van der Waals surface area contributed by atoms with Gasteiger partial charge in [0.05, 0.1) is 13.2 Å². The Balaban J connectivity index is 1.34. The van der Waals surface area contributed by atoms with Crippen molar-refractivity contribution < 1.29 is 9.13 Å². The minimum absolute atomic E-state index is 0.257. The van der Waals surface area contributed by atoms with Gasteiger partial charge in [0.15, 0.2) is 5.82 Å². The van der Waals surface area contributed by atoms with Crippen LogP contribution in [-0.4, -0.2) is 33.4 Å². The van der Waals surface area contributed by atoms with E-state index >= 15 is 0 Å². The van der Waals surface area contributed by atoms with Gasteiger partial charge >= 0.3 is 0 Å². The van der Waals surface area contributed by atoms with E-state index in [2.05, 4.69) is 30.8 Å². The number of hydrogen-bond acceptors (Lipinski definition) is 6. The zero-order chi connectivity index (χ0) is 18.3. The van der Waals surface area contributed by atoms with Crippen molar-refractivity contribution in [3.63, 3.8) is 0 Å². The number of hydrogen-bond donors (Lipinski definition) is 3. The van der Waals surface area contributed by atoms with Crippen LogP contribution in [0.5, 0.6) is 0 Å². The number of anilines is 3. The Bertz CT molecular complexity index is 949. The monoisotopic (exact) mass is 366 g/mol. The molecule has 0 radical (unpaired) electrons. The standard InChI is InChI=1S/C19H19FN6O/c20-14-5-3-13(4-6-14)19(9-27-10-19)24-17-8-16(21-11-22-17)23-18-7-15(25-26-18)12-1-2-12/h3-8,11-12H,1-2,9-10H2,(H3,21,22,23,24,25,26). The normalized spacial score (nSPS) is 18.0. The molecule has 7 nitrogen and oxygen atoms in total. The van der Waals surface area contributed by atoms with Crippen molar-refractivity contribution >= 4 is 17.5 Å². The van der Waals surface area contributed by atoms with E-state index in [0.717, 1.165) is 17.1 Å². The average molecular weight is 366 g/mol. The smallest absolute Gasteiger partial charge is 0.153 e. The molecule has 3 aromatic rings. The SMILES string of the molecule is Fc1ccc(C2(Nc3cc(Nc4cc(C5CC5)[nH]n4)ncn3)COC2)cc1. The van der Waals surface area contributed by atoms with E-state index in [-0.39, 0.29) is 5.82 Å². The third kappa shape index (κ3) is 3.23. The third-order valence-corrected chi connectivity index (χ3v) is 5.00. The van der Waals surface area contributed by atoms with Gasteiger partial charge in [0.1, 0.15) is 29.3 Å². The molecule has 3 N–H and O–H groups in total. The molecular weight excluding hydrogens is 347 g/mol. The van der Waals surface area contributed by atoms with Gasteiger partial charge in [-0.2, -0.15) is 5.10 Å². The molecular formula is C19H19FN6O. The molecule has 2 fully saturated rings. The van der Waals surface area contributed by atoms with Crippen LogP contribution in [0.4, 0.5) is 21.8 Å². The summed E-state index contributed by atoms with van der Waals surface area (Å²) in [5.41, 5.74) is 1.71. The van der Waals surface area contributed by atoms with Crippen LogP contribution in [0.15, 0.2) is 42.7 Å². The first-order chi connectivity index (χ1) is 13.2. The number of benzene rings is 1. The van der Waals surface area contributed by atoms with E-state index in [1.807, 2.05) is 12.1 Å². The molecule has 5 rings (SSSR count). The summed E-state index contributed by atoms with van der Waals surface area (Å²) in [6.07, 6.45) is 3.94. The lowest BCUT2D eigenvalue weighted by Gasteiger charge is -2.42. The number of ether oxygens (including phenoxy) is 1. The van der Waals surface area contributed by atoms with E-state index < -0.39 is 5.54 Å². The molecule has 1 aromatic carbocycles. The lowest BCUT2D eigenvalue weighted by molar-refractivity contribution is -0.0449. The van der Waals surface area contributed by atoms with Crippen LogP contribution >= 0.6 is 0 Å². The quantitative estimate of drug-likeness (QED) is 0.620. The Hall–Kier alpha value is -3.00. The molecule has 0 spiro atoms. The Morgan fingerprint density at radius 2 is 1.81 bits per heavy atom. The molecule has 27 heavy (non-hydrogen) atoms. The zero-order valence-corrected chi connectivity index (χ0v) is 14.6. The maximum Gasteiger partial charge on any atom is 0.153 e. The van der Waals surface area contributed by atoms with Crippen LogP contribution in [0.3, 0.4) is 0 Å². The van der Waals surface area contributed by atoms with Gasteiger partial charge in [-0.1, -0.05) is 12.1 Å². The van der Waals surface area contributed by atoms with Crippen LogP contribution in [-0.2, 0) is 10.3 Å². The Morgan fingerprint density at radius 1 is 1.04 bits per heavy atom. The Kier molecular flexibility index (Phi) is 3.78. The maximum absolute atomic E-state index is 13.3. The summed E-state index contributed by atoms with van der Waals surface area (Å²) >= 11 is 0. The molecule has 8 heteroatoms. The lowest BCUT2D eigenvalue weighted by Crippen LogP contribution is -2.53. The number of H-pyrrole nitrogens is 1. The second-order valence-electron chi connectivity index (χ2n) is 7.10. The summed E-state index contributed by atoms with van der Waals surface area (Å²) < 4.78 is 18.7. The van der Waals surface area contributed by atoms with Crippen molar-refractivity contribution in [1.29, 1.82) is 0 Å². The van der Waals surface area contributed by atoms with Crippen molar-refractivity contribution in [1.82, 2.24) is 20.2 Å². The minimum Gasteiger partial charge on any atom is -0.376 e. The van der Waals surface area contributed by atoms with E-state index in [9.17, 15) is 4.39 Å². The molecule has 2 aliphatic rings. The Morgan fingerprint density at radius 3 is 2.52 bits per heavy atom. The minimum atomic E-state index is -0.412. The molecule has 3 heterocycles. The fourth-order valence-corrected chi connectivity index (χ4v) is 3.26. The number of aromatic nitrogens is 4. The van der Waals surface area contributed by atoms with Crippen molar-refractivity contribution in [3.8, 4) is 0 Å². The predicted molar refractivity (Wildman–Crippen MR) is 98.4 cm³/mol. The van der Waals surface area contributed by atoms with Crippen LogP contribution < -0.4 is 10.6 Å². The number of rotatable bonds is 6. The Labute approximate surface area is 155 Å². The highest BCUT2D eigenvalue weighted by Gasteiger charge is 2.40. The fourth-order valence-electron chi connectivity index (χ4n) is 3.26. The summed E-state index contributed by atoms with van der Waals surface area (Å²) in [7, 11) is 0. The topological polar surface area (TPSA) is 87.8 Å². The molecule has 1 saturated carbocycles. The van der Waals surface area contributed by atoms with Gasteiger partial charge in [-0.3, -0.25) is 5.10 Å². The highest BCUT2D eigenvalue weighted by Crippen LogP contribution is 2.39. The van der Waals surface area contributed by atoms with E-state index in [1.54, 1.807) is 12.1 Å². The van der Waals surface area contributed by atoms with Crippen LogP contribution in [0.1, 0.15) is 30.0 Å². The van der Waals surface area contributed by atoms with Gasteiger partial charge in [-0.05, 0) is 30.5 Å². The van der Waals surface area contributed by atoms with Crippen LogP contribution in [0.2, 0.25) is 0 Å². The van der Waals surface area contributed by atoms with E-state index in [0.29, 0.717) is 30.8 Å². The molecule has 0 amide bonds. The van der Waals surface area contributed by atoms with Crippen molar-refractivity contribution in [2.75, 3.05) is 23.8 Å². The van der Waals surface area contributed by atoms with Gasteiger partial charge in [0, 0.05) is 23.7 Å². The molecule has 138 valence electrons. The summed E-state index contributed by atoms with van der Waals surface area (Å²) in [5.74, 6) is 2.41.